The largest absolute Gasteiger partial charge is 0.271 e. The van der Waals surface area contributed by atoms with E-state index in [0.717, 1.165) is 5.92 Å². The molecule has 2 rings (SSSR count). The van der Waals surface area contributed by atoms with Crippen LogP contribution in [0.3, 0.4) is 0 Å². The van der Waals surface area contributed by atoms with Crippen LogP contribution >= 0.6 is 11.8 Å². The third-order valence-corrected chi connectivity index (χ3v) is 3.49. The van der Waals surface area contributed by atoms with Gasteiger partial charge in [-0.05, 0) is 42.7 Å². The van der Waals surface area contributed by atoms with E-state index in [4.69, 9.17) is 5.84 Å². The molecule has 1 aliphatic rings. The molecular formula is C11H16N2S. The molecule has 3 heteroatoms. The lowest BCUT2D eigenvalue weighted by atomic mass is 10.0. The first-order valence-electron chi connectivity index (χ1n) is 4.95. The molecule has 1 aliphatic carbocycles. The van der Waals surface area contributed by atoms with Gasteiger partial charge in [-0.3, -0.25) is 11.3 Å². The van der Waals surface area contributed by atoms with E-state index in [1.54, 1.807) is 11.8 Å². The molecule has 1 aromatic rings. The van der Waals surface area contributed by atoms with Gasteiger partial charge in [0.05, 0.1) is 0 Å². The normalized spacial score (nSPS) is 18.1. The minimum Gasteiger partial charge on any atom is -0.271 e. The van der Waals surface area contributed by atoms with Crippen LogP contribution in [0.15, 0.2) is 29.2 Å². The van der Waals surface area contributed by atoms with E-state index in [0.29, 0.717) is 6.04 Å². The maximum absolute atomic E-state index is 5.56. The Bertz CT molecular complexity index is 293. The van der Waals surface area contributed by atoms with Crippen LogP contribution in [0.4, 0.5) is 0 Å². The second-order valence-electron chi connectivity index (χ2n) is 3.75. The minimum atomic E-state index is 0.353. The summed E-state index contributed by atoms with van der Waals surface area (Å²) in [5.74, 6) is 6.31. The SMILES string of the molecule is CSc1ccc(C(NN)C2CC2)cc1. The quantitative estimate of drug-likeness (QED) is 0.453. The molecule has 2 nitrogen and oxygen atoms in total. The number of hydrazine groups is 1. The maximum atomic E-state index is 5.56. The van der Waals surface area contributed by atoms with E-state index in [2.05, 4.69) is 35.9 Å². The van der Waals surface area contributed by atoms with Crippen LogP contribution in [0.1, 0.15) is 24.4 Å². The van der Waals surface area contributed by atoms with Crippen LogP contribution in [-0.4, -0.2) is 6.26 Å². The van der Waals surface area contributed by atoms with Crippen molar-refractivity contribution in [2.24, 2.45) is 11.8 Å². The summed E-state index contributed by atoms with van der Waals surface area (Å²) in [7, 11) is 0. The van der Waals surface area contributed by atoms with Gasteiger partial charge in [-0.15, -0.1) is 11.8 Å². The zero-order valence-corrected chi connectivity index (χ0v) is 9.18. The third kappa shape index (κ3) is 2.11. The molecule has 0 amide bonds. The van der Waals surface area contributed by atoms with Crippen molar-refractivity contribution < 1.29 is 0 Å². The third-order valence-electron chi connectivity index (χ3n) is 2.75. The van der Waals surface area contributed by atoms with E-state index < -0.39 is 0 Å². The van der Waals surface area contributed by atoms with E-state index in [-0.39, 0.29) is 0 Å². The van der Waals surface area contributed by atoms with Crippen LogP contribution < -0.4 is 11.3 Å². The molecule has 0 aliphatic heterocycles. The summed E-state index contributed by atoms with van der Waals surface area (Å²) in [5.41, 5.74) is 4.22. The van der Waals surface area contributed by atoms with Crippen molar-refractivity contribution in [2.45, 2.75) is 23.8 Å². The van der Waals surface area contributed by atoms with Gasteiger partial charge in [0.25, 0.3) is 0 Å². The lowest BCUT2D eigenvalue weighted by Crippen LogP contribution is -2.29. The highest BCUT2D eigenvalue weighted by Gasteiger charge is 2.31. The molecule has 1 saturated carbocycles. The first kappa shape index (κ1) is 10.0. The monoisotopic (exact) mass is 208 g/mol. The van der Waals surface area contributed by atoms with Crippen LogP contribution in [0.5, 0.6) is 0 Å². The lowest BCUT2D eigenvalue weighted by Gasteiger charge is -2.15. The summed E-state index contributed by atoms with van der Waals surface area (Å²) in [6, 6.07) is 9.02. The Balaban J connectivity index is 2.13. The molecule has 76 valence electrons. The molecule has 1 aromatic carbocycles. The summed E-state index contributed by atoms with van der Waals surface area (Å²) in [6.07, 6.45) is 4.70. The van der Waals surface area contributed by atoms with Gasteiger partial charge in [0.15, 0.2) is 0 Å². The highest BCUT2D eigenvalue weighted by Crippen LogP contribution is 2.40. The Labute approximate surface area is 89.2 Å². The highest BCUT2D eigenvalue weighted by molar-refractivity contribution is 7.98. The Morgan fingerprint density at radius 1 is 1.36 bits per heavy atom. The summed E-state index contributed by atoms with van der Waals surface area (Å²) in [4.78, 5) is 1.31. The Morgan fingerprint density at radius 3 is 2.43 bits per heavy atom. The number of rotatable bonds is 4. The molecule has 14 heavy (non-hydrogen) atoms. The van der Waals surface area contributed by atoms with E-state index in [1.165, 1.54) is 23.3 Å². The molecule has 1 atom stereocenters. The van der Waals surface area contributed by atoms with Crippen molar-refractivity contribution in [3.63, 3.8) is 0 Å². The van der Waals surface area contributed by atoms with Crippen LogP contribution in [-0.2, 0) is 0 Å². The van der Waals surface area contributed by atoms with Crippen LogP contribution in [0.25, 0.3) is 0 Å². The van der Waals surface area contributed by atoms with Gasteiger partial charge < -0.3 is 0 Å². The van der Waals surface area contributed by atoms with Crippen LogP contribution in [0, 0.1) is 5.92 Å². The highest BCUT2D eigenvalue weighted by atomic mass is 32.2. The summed E-state index contributed by atoms with van der Waals surface area (Å²) >= 11 is 1.77. The van der Waals surface area contributed by atoms with Crippen molar-refractivity contribution in [2.75, 3.05) is 6.26 Å². The van der Waals surface area contributed by atoms with Crippen molar-refractivity contribution in [1.82, 2.24) is 5.43 Å². The smallest absolute Gasteiger partial charge is 0.0488 e. The second kappa shape index (κ2) is 4.34. The van der Waals surface area contributed by atoms with Crippen molar-refractivity contribution in [3.8, 4) is 0 Å². The minimum absolute atomic E-state index is 0.353. The molecule has 1 fully saturated rings. The van der Waals surface area contributed by atoms with E-state index >= 15 is 0 Å². The van der Waals surface area contributed by atoms with Crippen molar-refractivity contribution >= 4 is 11.8 Å². The van der Waals surface area contributed by atoms with Gasteiger partial charge in [-0.25, -0.2) is 0 Å². The van der Waals surface area contributed by atoms with E-state index in [1.807, 2.05) is 0 Å². The summed E-state index contributed by atoms with van der Waals surface area (Å²) in [6.45, 7) is 0. The Kier molecular flexibility index (Phi) is 3.11. The van der Waals surface area contributed by atoms with Crippen LogP contribution in [0.2, 0.25) is 0 Å². The molecular weight excluding hydrogens is 192 g/mol. The standard InChI is InChI=1S/C11H16N2S/c1-14-10-6-4-9(5-7-10)11(13-12)8-2-3-8/h4-8,11,13H,2-3,12H2,1H3. The molecule has 0 spiro atoms. The predicted molar refractivity (Wildman–Crippen MR) is 61.0 cm³/mol. The summed E-state index contributed by atoms with van der Waals surface area (Å²) < 4.78 is 0. The van der Waals surface area contributed by atoms with Gasteiger partial charge in [0.1, 0.15) is 0 Å². The molecule has 0 radical (unpaired) electrons. The zero-order valence-electron chi connectivity index (χ0n) is 8.36. The number of benzene rings is 1. The average Bonchev–Trinajstić information content (AvgIpc) is 3.04. The molecule has 3 N–H and O–H groups in total. The fourth-order valence-corrected chi connectivity index (χ4v) is 2.15. The molecule has 0 heterocycles. The summed E-state index contributed by atoms with van der Waals surface area (Å²) in [5, 5.41) is 0. The van der Waals surface area contributed by atoms with Gasteiger partial charge >= 0.3 is 0 Å². The molecule has 0 bridgehead atoms. The topological polar surface area (TPSA) is 38.0 Å². The molecule has 0 saturated heterocycles. The molecule has 0 aromatic heterocycles. The number of thioether (sulfide) groups is 1. The fourth-order valence-electron chi connectivity index (χ4n) is 1.75. The van der Waals surface area contributed by atoms with Gasteiger partial charge in [0.2, 0.25) is 0 Å². The maximum Gasteiger partial charge on any atom is 0.0488 e. The number of nitrogens with two attached hydrogens (primary N) is 1. The number of hydrogen-bond acceptors (Lipinski definition) is 3. The fraction of sp³-hybridized carbons (Fsp3) is 0.455. The zero-order chi connectivity index (χ0) is 9.97. The van der Waals surface area contributed by atoms with Gasteiger partial charge in [0, 0.05) is 10.9 Å². The number of nitrogens with one attached hydrogen (secondary N) is 1. The Morgan fingerprint density at radius 2 is 2.00 bits per heavy atom. The second-order valence-corrected chi connectivity index (χ2v) is 4.63. The first-order valence-corrected chi connectivity index (χ1v) is 6.17. The Hall–Kier alpha value is -0.510. The average molecular weight is 208 g/mol. The van der Waals surface area contributed by atoms with Gasteiger partial charge in [-0.1, -0.05) is 12.1 Å². The van der Waals surface area contributed by atoms with Gasteiger partial charge in [-0.2, -0.15) is 0 Å². The van der Waals surface area contributed by atoms with Crippen molar-refractivity contribution in [1.29, 1.82) is 0 Å². The first-order chi connectivity index (χ1) is 6.85. The van der Waals surface area contributed by atoms with E-state index in [9.17, 15) is 0 Å². The predicted octanol–water partition coefficient (Wildman–Crippen LogP) is 2.32. The number of hydrogen-bond donors (Lipinski definition) is 2. The van der Waals surface area contributed by atoms with Crippen molar-refractivity contribution in [3.05, 3.63) is 29.8 Å². The lowest BCUT2D eigenvalue weighted by molar-refractivity contribution is 0.496. The molecule has 1 unspecified atom stereocenters.